The Kier molecular flexibility index (Phi) is 4.56. The lowest BCUT2D eigenvalue weighted by atomic mass is 10.1. The molecule has 0 saturated carbocycles. The monoisotopic (exact) mass is 393 g/mol. The minimum absolute atomic E-state index is 0.287. The summed E-state index contributed by atoms with van der Waals surface area (Å²) < 4.78 is 7.09. The number of carbonyl (C=O) groups is 1. The topological polar surface area (TPSA) is 81.4 Å². The van der Waals surface area contributed by atoms with E-state index in [1.165, 1.54) is 17.5 Å². The minimum atomic E-state index is -0.287. The smallest absolute Gasteiger partial charge is 0.262 e. The van der Waals surface area contributed by atoms with E-state index in [0.29, 0.717) is 16.3 Å². The molecule has 4 aromatic rings. The Morgan fingerprint density at radius 2 is 2.00 bits per heavy atom. The van der Waals surface area contributed by atoms with Gasteiger partial charge in [-0.1, -0.05) is 11.6 Å². The molecule has 0 aliphatic carbocycles. The summed E-state index contributed by atoms with van der Waals surface area (Å²) in [6.45, 7) is 5.84. The molecule has 0 radical (unpaired) electrons. The maximum absolute atomic E-state index is 12.8. The second-order valence-electron chi connectivity index (χ2n) is 6.53. The number of aryl methyl sites for hydroxylation is 3. The summed E-state index contributed by atoms with van der Waals surface area (Å²) in [7, 11) is 1.63. The molecule has 0 atom stereocenters. The first-order valence-corrected chi connectivity index (χ1v) is 9.58. The first kappa shape index (κ1) is 18.1. The SMILES string of the molecule is COc1ccc(C)cc1-c1csc(NC(=O)c2cnn3c(C)cc(C)nc23)n1. The van der Waals surface area contributed by atoms with Crippen LogP contribution in [0.15, 0.2) is 35.8 Å². The van der Waals surface area contributed by atoms with Gasteiger partial charge in [0.05, 0.1) is 19.0 Å². The number of benzene rings is 1. The Balaban J connectivity index is 1.63. The molecule has 3 heterocycles. The molecule has 8 heteroatoms. The number of anilines is 1. The number of ether oxygens (including phenoxy) is 1. The van der Waals surface area contributed by atoms with Crippen molar-refractivity contribution in [1.29, 1.82) is 0 Å². The van der Waals surface area contributed by atoms with Crippen molar-refractivity contribution in [1.82, 2.24) is 19.6 Å². The maximum Gasteiger partial charge on any atom is 0.262 e. The van der Waals surface area contributed by atoms with Gasteiger partial charge >= 0.3 is 0 Å². The third-order valence-electron chi connectivity index (χ3n) is 4.38. The molecule has 1 N–H and O–H groups in total. The second-order valence-corrected chi connectivity index (χ2v) is 7.39. The molecule has 4 rings (SSSR count). The number of fused-ring (bicyclic) bond motifs is 1. The third-order valence-corrected chi connectivity index (χ3v) is 5.14. The van der Waals surface area contributed by atoms with Crippen molar-refractivity contribution in [2.24, 2.45) is 0 Å². The Labute approximate surface area is 166 Å². The van der Waals surface area contributed by atoms with Gasteiger partial charge in [-0.2, -0.15) is 5.10 Å². The standard InChI is InChI=1S/C20H19N5O2S/c1-11-5-6-17(27-4)14(7-11)16-10-28-20(23-16)24-19(26)15-9-21-25-13(3)8-12(2)22-18(15)25/h5-10H,1-4H3,(H,23,24,26). The van der Waals surface area contributed by atoms with Crippen LogP contribution in [-0.2, 0) is 0 Å². The van der Waals surface area contributed by atoms with Crippen LogP contribution in [0, 0.1) is 20.8 Å². The zero-order valence-electron chi connectivity index (χ0n) is 16.0. The van der Waals surface area contributed by atoms with Crippen LogP contribution in [0.1, 0.15) is 27.3 Å². The molecule has 0 aliphatic heterocycles. The van der Waals surface area contributed by atoms with Crippen molar-refractivity contribution >= 4 is 28.0 Å². The fraction of sp³-hybridized carbons (Fsp3) is 0.200. The van der Waals surface area contributed by atoms with Gasteiger partial charge in [0, 0.05) is 22.3 Å². The average molecular weight is 393 g/mol. The van der Waals surface area contributed by atoms with Gasteiger partial charge in [0.15, 0.2) is 10.8 Å². The van der Waals surface area contributed by atoms with Crippen LogP contribution in [0.3, 0.4) is 0 Å². The van der Waals surface area contributed by atoms with Crippen LogP contribution < -0.4 is 10.1 Å². The molecule has 0 unspecified atom stereocenters. The van der Waals surface area contributed by atoms with Crippen LogP contribution in [-0.4, -0.2) is 32.6 Å². The van der Waals surface area contributed by atoms with Crippen molar-refractivity contribution in [2.75, 3.05) is 12.4 Å². The van der Waals surface area contributed by atoms with Gasteiger partial charge in [0.25, 0.3) is 5.91 Å². The normalized spacial score (nSPS) is 11.0. The van der Waals surface area contributed by atoms with Crippen molar-refractivity contribution in [3.63, 3.8) is 0 Å². The number of thiazole rings is 1. The number of methoxy groups -OCH3 is 1. The van der Waals surface area contributed by atoms with E-state index in [-0.39, 0.29) is 5.91 Å². The van der Waals surface area contributed by atoms with Crippen LogP contribution >= 0.6 is 11.3 Å². The minimum Gasteiger partial charge on any atom is -0.496 e. The van der Waals surface area contributed by atoms with E-state index in [4.69, 9.17) is 4.74 Å². The van der Waals surface area contributed by atoms with E-state index in [9.17, 15) is 4.79 Å². The molecule has 0 fully saturated rings. The van der Waals surface area contributed by atoms with E-state index in [0.717, 1.165) is 34.0 Å². The molecule has 0 saturated heterocycles. The van der Waals surface area contributed by atoms with Gasteiger partial charge in [-0.25, -0.2) is 14.5 Å². The lowest BCUT2D eigenvalue weighted by Gasteiger charge is -2.07. The molecule has 3 aromatic heterocycles. The van der Waals surface area contributed by atoms with Crippen molar-refractivity contribution < 1.29 is 9.53 Å². The molecule has 0 bridgehead atoms. The third kappa shape index (κ3) is 3.22. The maximum atomic E-state index is 12.8. The quantitative estimate of drug-likeness (QED) is 0.566. The van der Waals surface area contributed by atoms with Crippen molar-refractivity contribution in [3.8, 4) is 17.0 Å². The molecule has 1 amide bonds. The van der Waals surface area contributed by atoms with Gasteiger partial charge in [-0.05, 0) is 39.0 Å². The summed E-state index contributed by atoms with van der Waals surface area (Å²) >= 11 is 1.36. The first-order chi connectivity index (χ1) is 13.5. The average Bonchev–Trinajstić information content (AvgIpc) is 3.28. The fourth-order valence-electron chi connectivity index (χ4n) is 3.07. The largest absolute Gasteiger partial charge is 0.496 e. The van der Waals surface area contributed by atoms with Gasteiger partial charge < -0.3 is 4.74 Å². The van der Waals surface area contributed by atoms with Gasteiger partial charge in [0.1, 0.15) is 11.3 Å². The number of nitrogens with zero attached hydrogens (tertiary/aromatic N) is 4. The second kappa shape index (κ2) is 7.05. The highest BCUT2D eigenvalue weighted by molar-refractivity contribution is 7.14. The summed E-state index contributed by atoms with van der Waals surface area (Å²) in [5.41, 5.74) is 5.46. The lowest BCUT2D eigenvalue weighted by Crippen LogP contribution is -2.12. The van der Waals surface area contributed by atoms with E-state index in [1.54, 1.807) is 11.6 Å². The Bertz CT molecular complexity index is 1190. The molecule has 7 nitrogen and oxygen atoms in total. The van der Waals surface area contributed by atoms with E-state index in [2.05, 4.69) is 20.4 Å². The van der Waals surface area contributed by atoms with E-state index >= 15 is 0 Å². The highest BCUT2D eigenvalue weighted by Crippen LogP contribution is 2.33. The Morgan fingerprint density at radius 3 is 2.79 bits per heavy atom. The number of rotatable bonds is 4. The Morgan fingerprint density at radius 1 is 1.18 bits per heavy atom. The number of aromatic nitrogens is 4. The molecule has 1 aromatic carbocycles. The number of amides is 1. The number of nitrogens with one attached hydrogen (secondary N) is 1. The predicted molar refractivity (Wildman–Crippen MR) is 109 cm³/mol. The van der Waals surface area contributed by atoms with Crippen molar-refractivity contribution in [3.05, 3.63) is 58.4 Å². The molecular formula is C20H19N5O2S. The summed E-state index contributed by atoms with van der Waals surface area (Å²) in [5, 5.41) is 9.52. The Hall–Kier alpha value is -3.26. The molecule has 142 valence electrons. The number of hydrogen-bond acceptors (Lipinski definition) is 6. The molecule has 0 spiro atoms. The number of carbonyl (C=O) groups excluding carboxylic acids is 1. The van der Waals surface area contributed by atoms with E-state index in [1.807, 2.05) is 50.4 Å². The lowest BCUT2D eigenvalue weighted by molar-refractivity contribution is 0.102. The van der Waals surface area contributed by atoms with Crippen molar-refractivity contribution in [2.45, 2.75) is 20.8 Å². The number of hydrogen-bond donors (Lipinski definition) is 1. The molecule has 0 aliphatic rings. The predicted octanol–water partition coefficient (Wildman–Crippen LogP) is 4.04. The highest BCUT2D eigenvalue weighted by atomic mass is 32.1. The summed E-state index contributed by atoms with van der Waals surface area (Å²) in [5.74, 6) is 0.455. The molecule has 28 heavy (non-hydrogen) atoms. The first-order valence-electron chi connectivity index (χ1n) is 8.70. The summed E-state index contributed by atoms with van der Waals surface area (Å²) in [6.07, 6.45) is 1.53. The van der Waals surface area contributed by atoms with Gasteiger partial charge in [-0.15, -0.1) is 11.3 Å². The van der Waals surface area contributed by atoms with Gasteiger partial charge in [-0.3, -0.25) is 10.1 Å². The zero-order chi connectivity index (χ0) is 19.8. The highest BCUT2D eigenvalue weighted by Gasteiger charge is 2.18. The fourth-order valence-corrected chi connectivity index (χ4v) is 3.78. The van der Waals surface area contributed by atoms with Crippen LogP contribution in [0.5, 0.6) is 5.75 Å². The van der Waals surface area contributed by atoms with Crippen LogP contribution in [0.25, 0.3) is 16.9 Å². The zero-order valence-corrected chi connectivity index (χ0v) is 16.8. The summed E-state index contributed by atoms with van der Waals surface area (Å²) in [4.78, 5) is 21.8. The summed E-state index contributed by atoms with van der Waals surface area (Å²) in [6, 6.07) is 7.83. The van der Waals surface area contributed by atoms with Gasteiger partial charge in [0.2, 0.25) is 0 Å². The van der Waals surface area contributed by atoms with E-state index < -0.39 is 0 Å². The molecular weight excluding hydrogens is 374 g/mol. The van der Waals surface area contributed by atoms with Crippen LogP contribution in [0.4, 0.5) is 5.13 Å². The van der Waals surface area contributed by atoms with Crippen LogP contribution in [0.2, 0.25) is 0 Å².